The lowest BCUT2D eigenvalue weighted by molar-refractivity contribution is 0.0730. The van der Waals surface area contributed by atoms with Crippen molar-refractivity contribution in [3.8, 4) is 0 Å². The van der Waals surface area contributed by atoms with Gasteiger partial charge in [0.1, 0.15) is 0 Å². The van der Waals surface area contributed by atoms with Gasteiger partial charge in [0.2, 0.25) is 10.0 Å². The third kappa shape index (κ3) is 4.64. The molecule has 8 nitrogen and oxygen atoms in total. The summed E-state index contributed by atoms with van der Waals surface area (Å²) >= 11 is 0. The Hall–Kier alpha value is -3.01. The average molecular weight is 481 g/mol. The molecule has 34 heavy (non-hydrogen) atoms. The maximum absolute atomic E-state index is 13.5. The van der Waals surface area contributed by atoms with Crippen molar-refractivity contribution in [2.24, 2.45) is 0 Å². The van der Waals surface area contributed by atoms with Gasteiger partial charge < -0.3 is 15.0 Å². The average Bonchev–Trinajstić information content (AvgIpc) is 2.89. The van der Waals surface area contributed by atoms with E-state index in [4.69, 9.17) is 4.74 Å². The highest BCUT2D eigenvalue weighted by Gasteiger charge is 2.29. The molecule has 0 saturated carbocycles. The molecule has 2 saturated heterocycles. The minimum absolute atomic E-state index is 0.128. The van der Waals surface area contributed by atoms with Gasteiger partial charge in [-0.25, -0.2) is 8.42 Å². The Kier molecular flexibility index (Phi) is 6.49. The van der Waals surface area contributed by atoms with Gasteiger partial charge in [-0.15, -0.1) is 0 Å². The summed E-state index contributed by atoms with van der Waals surface area (Å²) in [4.78, 5) is 20.1. The minimum atomic E-state index is -3.72. The first kappa shape index (κ1) is 22.8. The van der Waals surface area contributed by atoms with Crippen LogP contribution in [0.3, 0.4) is 0 Å². The van der Waals surface area contributed by atoms with Crippen LogP contribution in [0.2, 0.25) is 0 Å². The zero-order valence-corrected chi connectivity index (χ0v) is 19.8. The fourth-order valence-corrected chi connectivity index (χ4v) is 5.99. The van der Waals surface area contributed by atoms with Crippen LogP contribution in [0.25, 0.3) is 10.9 Å². The molecule has 3 heterocycles. The van der Waals surface area contributed by atoms with E-state index in [0.29, 0.717) is 37.6 Å². The highest BCUT2D eigenvalue weighted by Crippen LogP contribution is 2.29. The summed E-state index contributed by atoms with van der Waals surface area (Å²) in [6, 6.07) is 14.2. The number of hydrogen-bond donors (Lipinski definition) is 1. The number of carbonyl (C=O) groups excluding carboxylic acids is 1. The molecule has 3 aromatic rings. The van der Waals surface area contributed by atoms with Gasteiger partial charge in [-0.1, -0.05) is 6.07 Å². The molecule has 2 aromatic carbocycles. The fourth-order valence-electron chi connectivity index (χ4n) is 4.56. The lowest BCUT2D eigenvalue weighted by Crippen LogP contribution is -2.40. The molecule has 2 aliphatic heterocycles. The lowest BCUT2D eigenvalue weighted by Gasteiger charge is -2.31. The Morgan fingerprint density at radius 2 is 1.74 bits per heavy atom. The number of rotatable bonds is 5. The van der Waals surface area contributed by atoms with Crippen molar-refractivity contribution < 1.29 is 17.9 Å². The van der Waals surface area contributed by atoms with Gasteiger partial charge in [-0.2, -0.15) is 4.31 Å². The number of fused-ring (bicyclic) bond motifs is 1. The molecule has 1 N–H and O–H groups in total. The normalized spacial score (nSPS) is 17.6. The number of sulfonamides is 1. The summed E-state index contributed by atoms with van der Waals surface area (Å²) < 4.78 is 33.3. The number of morpholine rings is 1. The predicted molar refractivity (Wildman–Crippen MR) is 132 cm³/mol. The SMILES string of the molecule is O=C(Nc1ccc2ncccc2c1)c1cc(S(=O)(=O)N2CCOCC2)ccc1N1CCCCC1. The number of benzene rings is 2. The second-order valence-electron chi connectivity index (χ2n) is 8.61. The van der Waals surface area contributed by atoms with Crippen molar-refractivity contribution in [2.45, 2.75) is 24.2 Å². The van der Waals surface area contributed by atoms with E-state index in [1.54, 1.807) is 18.3 Å². The molecule has 1 amide bonds. The van der Waals surface area contributed by atoms with Gasteiger partial charge in [-0.3, -0.25) is 9.78 Å². The molecule has 9 heteroatoms. The zero-order valence-electron chi connectivity index (χ0n) is 18.9. The molecule has 2 aliphatic rings. The molecule has 0 spiro atoms. The third-order valence-electron chi connectivity index (χ3n) is 6.38. The molecule has 2 fully saturated rings. The highest BCUT2D eigenvalue weighted by atomic mass is 32.2. The molecular weight excluding hydrogens is 452 g/mol. The van der Waals surface area contributed by atoms with Gasteiger partial charge >= 0.3 is 0 Å². The Morgan fingerprint density at radius 3 is 2.53 bits per heavy atom. The third-order valence-corrected chi connectivity index (χ3v) is 8.27. The molecule has 0 aliphatic carbocycles. The number of aromatic nitrogens is 1. The first-order chi connectivity index (χ1) is 16.5. The summed E-state index contributed by atoms with van der Waals surface area (Å²) in [5.41, 5.74) is 2.60. The van der Waals surface area contributed by atoms with Crippen LogP contribution in [-0.4, -0.2) is 63.0 Å². The summed E-state index contributed by atoms with van der Waals surface area (Å²) in [6.07, 6.45) is 4.98. The molecule has 0 unspecified atom stereocenters. The Morgan fingerprint density at radius 1 is 0.941 bits per heavy atom. The number of nitrogens with one attached hydrogen (secondary N) is 1. The van der Waals surface area contributed by atoms with E-state index in [-0.39, 0.29) is 10.8 Å². The maximum Gasteiger partial charge on any atom is 0.257 e. The number of carbonyl (C=O) groups is 1. The molecule has 0 radical (unpaired) electrons. The first-order valence-electron chi connectivity index (χ1n) is 11.7. The summed E-state index contributed by atoms with van der Waals surface area (Å²) in [5.74, 6) is -0.331. The van der Waals surface area contributed by atoms with Gasteiger partial charge in [0.25, 0.3) is 5.91 Å². The van der Waals surface area contributed by atoms with Crippen LogP contribution in [0.1, 0.15) is 29.6 Å². The number of anilines is 2. The first-order valence-corrected chi connectivity index (χ1v) is 13.1. The van der Waals surface area contributed by atoms with E-state index in [0.717, 1.165) is 48.9 Å². The quantitative estimate of drug-likeness (QED) is 0.601. The Labute approximate surface area is 199 Å². The number of nitrogens with zero attached hydrogens (tertiary/aromatic N) is 3. The van der Waals surface area contributed by atoms with Crippen LogP contribution in [-0.2, 0) is 14.8 Å². The molecular formula is C25H28N4O4S. The minimum Gasteiger partial charge on any atom is -0.379 e. The van der Waals surface area contributed by atoms with Crippen LogP contribution in [0.4, 0.5) is 11.4 Å². The Balaban J connectivity index is 1.50. The number of ether oxygens (including phenoxy) is 1. The van der Waals surface area contributed by atoms with Crippen molar-refractivity contribution in [1.82, 2.24) is 9.29 Å². The topological polar surface area (TPSA) is 91.8 Å². The van der Waals surface area contributed by atoms with Gasteiger partial charge in [0, 0.05) is 49.1 Å². The molecule has 178 valence electrons. The number of hydrogen-bond acceptors (Lipinski definition) is 6. The van der Waals surface area contributed by atoms with E-state index in [9.17, 15) is 13.2 Å². The predicted octanol–water partition coefficient (Wildman–Crippen LogP) is 3.50. The van der Waals surface area contributed by atoms with E-state index in [2.05, 4.69) is 15.2 Å². The summed E-state index contributed by atoms with van der Waals surface area (Å²) in [6.45, 7) is 3.05. The highest BCUT2D eigenvalue weighted by molar-refractivity contribution is 7.89. The second kappa shape index (κ2) is 9.69. The van der Waals surface area contributed by atoms with E-state index >= 15 is 0 Å². The van der Waals surface area contributed by atoms with E-state index in [1.165, 1.54) is 10.4 Å². The maximum atomic E-state index is 13.5. The molecule has 5 rings (SSSR count). The lowest BCUT2D eigenvalue weighted by atomic mass is 10.1. The van der Waals surface area contributed by atoms with E-state index < -0.39 is 10.0 Å². The van der Waals surface area contributed by atoms with E-state index in [1.807, 2.05) is 30.3 Å². The second-order valence-corrected chi connectivity index (χ2v) is 10.5. The van der Waals surface area contributed by atoms with Crippen LogP contribution >= 0.6 is 0 Å². The number of piperidine rings is 1. The van der Waals surface area contributed by atoms with Crippen LogP contribution < -0.4 is 10.2 Å². The Bertz CT molecular complexity index is 1300. The largest absolute Gasteiger partial charge is 0.379 e. The van der Waals surface area contributed by atoms with Gasteiger partial charge in [0.15, 0.2) is 0 Å². The summed E-state index contributed by atoms with van der Waals surface area (Å²) in [7, 11) is -3.72. The van der Waals surface area contributed by atoms with Gasteiger partial charge in [-0.05, 0) is 61.7 Å². The van der Waals surface area contributed by atoms with Crippen LogP contribution in [0.5, 0.6) is 0 Å². The molecule has 0 bridgehead atoms. The zero-order chi connectivity index (χ0) is 23.5. The summed E-state index contributed by atoms with van der Waals surface area (Å²) in [5, 5.41) is 3.88. The van der Waals surface area contributed by atoms with Crippen LogP contribution in [0, 0.1) is 0 Å². The monoisotopic (exact) mass is 480 g/mol. The smallest absolute Gasteiger partial charge is 0.257 e. The molecule has 0 atom stereocenters. The van der Waals surface area contributed by atoms with Crippen molar-refractivity contribution in [1.29, 1.82) is 0 Å². The standard InChI is InChI=1S/C25H28N4O4S/c30-25(27-20-6-8-23-19(17-20)5-4-10-26-23)22-18-21(34(31,32)29-13-15-33-16-14-29)7-9-24(22)28-11-2-1-3-12-28/h4-10,17-18H,1-3,11-16H2,(H,27,30). The van der Waals surface area contributed by atoms with Gasteiger partial charge in [0.05, 0.1) is 29.2 Å². The van der Waals surface area contributed by atoms with Crippen molar-refractivity contribution in [2.75, 3.05) is 49.6 Å². The molecule has 1 aromatic heterocycles. The van der Waals surface area contributed by atoms with Crippen LogP contribution in [0.15, 0.2) is 59.6 Å². The van der Waals surface area contributed by atoms with Crippen molar-refractivity contribution in [3.05, 3.63) is 60.3 Å². The van der Waals surface area contributed by atoms with Crippen molar-refractivity contribution >= 4 is 38.2 Å². The van der Waals surface area contributed by atoms with Crippen molar-refractivity contribution in [3.63, 3.8) is 0 Å². The number of amides is 1. The number of pyridine rings is 1. The fraction of sp³-hybridized carbons (Fsp3) is 0.360.